The largest absolute Gasteiger partial charge is 0.389 e. The Labute approximate surface area is 119 Å². The average Bonchev–Trinajstić information content (AvgIpc) is 2.30. The Kier molecular flexibility index (Phi) is 6.75. The molecule has 0 aromatic heterocycles. The number of hydrogen-bond donors (Lipinski definition) is 2. The van der Waals surface area contributed by atoms with Crippen molar-refractivity contribution in [2.75, 3.05) is 13.2 Å². The standard InChI is InChI=1S/C14H22ClNO3/c1-14(2,3)19-16-8-13(17)10-18-9-11-4-6-12(15)7-5-11/h4-7,13,16-17H,8-10H2,1-3H3. The Bertz CT molecular complexity index is 362. The second-order valence-electron chi connectivity index (χ2n) is 5.36. The Morgan fingerprint density at radius 2 is 1.89 bits per heavy atom. The van der Waals surface area contributed by atoms with Gasteiger partial charge in [0.1, 0.15) is 0 Å². The van der Waals surface area contributed by atoms with Crippen molar-refractivity contribution in [3.8, 4) is 0 Å². The molecular formula is C14H22ClNO3. The van der Waals surface area contributed by atoms with Gasteiger partial charge < -0.3 is 9.84 Å². The first-order chi connectivity index (χ1) is 8.87. The number of hydroxylamine groups is 1. The lowest BCUT2D eigenvalue weighted by Gasteiger charge is -2.20. The van der Waals surface area contributed by atoms with Gasteiger partial charge in [0.25, 0.3) is 0 Å². The van der Waals surface area contributed by atoms with Crippen molar-refractivity contribution in [3.05, 3.63) is 34.9 Å². The van der Waals surface area contributed by atoms with Crippen LogP contribution >= 0.6 is 11.6 Å². The molecule has 1 unspecified atom stereocenters. The number of aliphatic hydroxyl groups is 1. The van der Waals surface area contributed by atoms with Gasteiger partial charge in [-0.2, -0.15) is 5.48 Å². The number of halogens is 1. The van der Waals surface area contributed by atoms with E-state index in [0.29, 0.717) is 18.2 Å². The van der Waals surface area contributed by atoms with E-state index < -0.39 is 6.10 Å². The highest BCUT2D eigenvalue weighted by atomic mass is 35.5. The van der Waals surface area contributed by atoms with Crippen LogP contribution in [0.3, 0.4) is 0 Å². The van der Waals surface area contributed by atoms with Gasteiger partial charge in [-0.25, -0.2) is 0 Å². The summed E-state index contributed by atoms with van der Waals surface area (Å²) in [6.07, 6.45) is -0.602. The van der Waals surface area contributed by atoms with Gasteiger partial charge in [-0.1, -0.05) is 23.7 Å². The van der Waals surface area contributed by atoms with Gasteiger partial charge in [0.05, 0.1) is 24.9 Å². The lowest BCUT2D eigenvalue weighted by Crippen LogP contribution is -2.36. The fraction of sp³-hybridized carbons (Fsp3) is 0.571. The van der Waals surface area contributed by atoms with E-state index >= 15 is 0 Å². The van der Waals surface area contributed by atoms with Crippen LogP contribution < -0.4 is 5.48 Å². The van der Waals surface area contributed by atoms with Crippen LogP contribution in [0, 0.1) is 0 Å². The summed E-state index contributed by atoms with van der Waals surface area (Å²) in [6.45, 7) is 6.84. The highest BCUT2D eigenvalue weighted by Gasteiger charge is 2.11. The predicted octanol–water partition coefficient (Wildman–Crippen LogP) is 2.54. The first kappa shape index (κ1) is 16.4. The third-order valence-corrected chi connectivity index (χ3v) is 2.44. The van der Waals surface area contributed by atoms with Crippen LogP contribution in [0.5, 0.6) is 0 Å². The van der Waals surface area contributed by atoms with Gasteiger partial charge in [0.2, 0.25) is 0 Å². The number of hydrogen-bond acceptors (Lipinski definition) is 4. The SMILES string of the molecule is CC(C)(C)ONCC(O)COCc1ccc(Cl)cc1. The lowest BCUT2D eigenvalue weighted by molar-refractivity contribution is -0.0899. The van der Waals surface area contributed by atoms with Crippen LogP contribution in [0.25, 0.3) is 0 Å². The Morgan fingerprint density at radius 3 is 2.47 bits per heavy atom. The van der Waals surface area contributed by atoms with E-state index in [0.717, 1.165) is 5.56 Å². The van der Waals surface area contributed by atoms with Crippen LogP contribution in [-0.4, -0.2) is 30.0 Å². The van der Waals surface area contributed by atoms with E-state index in [4.69, 9.17) is 21.2 Å². The van der Waals surface area contributed by atoms with E-state index in [1.165, 1.54) is 0 Å². The zero-order valence-electron chi connectivity index (χ0n) is 11.6. The van der Waals surface area contributed by atoms with E-state index in [1.54, 1.807) is 0 Å². The first-order valence-electron chi connectivity index (χ1n) is 6.28. The molecule has 1 rings (SSSR count). The molecule has 19 heavy (non-hydrogen) atoms. The highest BCUT2D eigenvalue weighted by molar-refractivity contribution is 6.30. The zero-order valence-corrected chi connectivity index (χ0v) is 12.4. The van der Waals surface area contributed by atoms with Crippen molar-refractivity contribution < 1.29 is 14.7 Å². The molecule has 0 saturated heterocycles. The minimum atomic E-state index is -0.602. The Morgan fingerprint density at radius 1 is 1.26 bits per heavy atom. The summed E-state index contributed by atoms with van der Waals surface area (Å²) in [5, 5.41) is 10.4. The monoisotopic (exact) mass is 287 g/mol. The van der Waals surface area contributed by atoms with Gasteiger partial charge >= 0.3 is 0 Å². The first-order valence-corrected chi connectivity index (χ1v) is 6.66. The molecule has 5 heteroatoms. The van der Waals surface area contributed by atoms with E-state index in [-0.39, 0.29) is 12.2 Å². The third-order valence-electron chi connectivity index (χ3n) is 2.19. The van der Waals surface area contributed by atoms with Crippen molar-refractivity contribution in [1.29, 1.82) is 0 Å². The molecule has 0 heterocycles. The fourth-order valence-corrected chi connectivity index (χ4v) is 1.43. The summed E-state index contributed by atoms with van der Waals surface area (Å²) in [5.74, 6) is 0. The minimum absolute atomic E-state index is 0.253. The summed E-state index contributed by atoms with van der Waals surface area (Å²) in [7, 11) is 0. The molecule has 1 aromatic rings. The smallest absolute Gasteiger partial charge is 0.0921 e. The van der Waals surface area contributed by atoms with Gasteiger partial charge in [0.15, 0.2) is 0 Å². The molecule has 1 aromatic carbocycles. The van der Waals surface area contributed by atoms with Crippen LogP contribution in [0.2, 0.25) is 5.02 Å². The minimum Gasteiger partial charge on any atom is -0.389 e. The van der Waals surface area contributed by atoms with Crippen LogP contribution in [-0.2, 0) is 16.2 Å². The van der Waals surface area contributed by atoms with E-state index in [9.17, 15) is 5.11 Å². The highest BCUT2D eigenvalue weighted by Crippen LogP contribution is 2.10. The maximum absolute atomic E-state index is 9.68. The topological polar surface area (TPSA) is 50.7 Å². The molecule has 4 nitrogen and oxygen atoms in total. The van der Waals surface area contributed by atoms with Crippen molar-refractivity contribution in [1.82, 2.24) is 5.48 Å². The maximum Gasteiger partial charge on any atom is 0.0921 e. The van der Waals surface area contributed by atoms with Crippen LogP contribution in [0.15, 0.2) is 24.3 Å². The molecule has 0 fully saturated rings. The summed E-state index contributed by atoms with van der Waals surface area (Å²) in [6, 6.07) is 7.43. The molecule has 0 radical (unpaired) electrons. The normalized spacial score (nSPS) is 13.5. The molecule has 0 bridgehead atoms. The predicted molar refractivity (Wildman–Crippen MR) is 76.0 cm³/mol. The van der Waals surface area contributed by atoms with Gasteiger partial charge in [-0.05, 0) is 38.5 Å². The van der Waals surface area contributed by atoms with E-state index in [2.05, 4.69) is 5.48 Å². The molecule has 108 valence electrons. The summed E-state index contributed by atoms with van der Waals surface area (Å²) < 4.78 is 5.42. The van der Waals surface area contributed by atoms with Crippen molar-refractivity contribution >= 4 is 11.6 Å². The maximum atomic E-state index is 9.68. The van der Waals surface area contributed by atoms with Crippen LogP contribution in [0.1, 0.15) is 26.3 Å². The van der Waals surface area contributed by atoms with Gasteiger partial charge in [-0.3, -0.25) is 4.84 Å². The van der Waals surface area contributed by atoms with Crippen molar-refractivity contribution in [2.45, 2.75) is 39.1 Å². The van der Waals surface area contributed by atoms with E-state index in [1.807, 2.05) is 45.0 Å². The molecule has 0 amide bonds. The van der Waals surface area contributed by atoms with Crippen molar-refractivity contribution in [2.24, 2.45) is 0 Å². The number of nitrogens with one attached hydrogen (secondary N) is 1. The molecule has 2 N–H and O–H groups in total. The lowest BCUT2D eigenvalue weighted by atomic mass is 10.2. The summed E-state index contributed by atoms with van der Waals surface area (Å²) >= 11 is 5.79. The second kappa shape index (κ2) is 7.82. The molecule has 0 aliphatic heterocycles. The molecular weight excluding hydrogens is 266 g/mol. The Hall–Kier alpha value is -0.650. The molecule has 0 aliphatic carbocycles. The number of ether oxygens (including phenoxy) is 1. The summed E-state index contributed by atoms with van der Waals surface area (Å²) in [5.41, 5.74) is 3.48. The number of benzene rings is 1. The Balaban J connectivity index is 2.13. The van der Waals surface area contributed by atoms with Crippen molar-refractivity contribution in [3.63, 3.8) is 0 Å². The molecule has 0 spiro atoms. The fourth-order valence-electron chi connectivity index (χ4n) is 1.31. The van der Waals surface area contributed by atoms with Gasteiger partial charge in [0, 0.05) is 11.6 Å². The average molecular weight is 288 g/mol. The quantitative estimate of drug-likeness (QED) is 0.757. The zero-order chi connectivity index (χ0) is 14.3. The summed E-state index contributed by atoms with van der Waals surface area (Å²) in [4.78, 5) is 5.30. The number of rotatable bonds is 7. The molecule has 0 saturated carbocycles. The third kappa shape index (κ3) is 8.18. The molecule has 1 atom stereocenters. The number of aliphatic hydroxyl groups excluding tert-OH is 1. The van der Waals surface area contributed by atoms with Gasteiger partial charge in [-0.15, -0.1) is 0 Å². The second-order valence-corrected chi connectivity index (χ2v) is 5.79. The van der Waals surface area contributed by atoms with Crippen LogP contribution in [0.4, 0.5) is 0 Å². The molecule has 0 aliphatic rings.